The van der Waals surface area contributed by atoms with Crippen LogP contribution < -0.4 is 20.1 Å². The molecule has 0 atom stereocenters. The van der Waals surface area contributed by atoms with Gasteiger partial charge in [0.15, 0.2) is 5.96 Å². The number of hydrogen-bond acceptors (Lipinski definition) is 4. The number of nitrogens with zero attached hydrogens (tertiary/aromatic N) is 1. The van der Waals surface area contributed by atoms with Crippen molar-refractivity contribution in [2.45, 2.75) is 13.0 Å². The first-order valence-electron chi connectivity index (χ1n) is 6.96. The summed E-state index contributed by atoms with van der Waals surface area (Å²) < 4.78 is 29.4. The Hall–Kier alpha value is -1.07. The first kappa shape index (κ1) is 21.9. The van der Waals surface area contributed by atoms with Crippen molar-refractivity contribution < 1.29 is 13.2 Å². The fraction of sp³-hybridized carbons (Fsp3) is 0.500. The van der Waals surface area contributed by atoms with Crippen molar-refractivity contribution in [3.05, 3.63) is 29.8 Å². The number of hydrogen-bond donors (Lipinski definition) is 3. The molecule has 132 valence electrons. The van der Waals surface area contributed by atoms with E-state index in [4.69, 9.17) is 4.74 Å². The fourth-order valence-corrected chi connectivity index (χ4v) is 2.22. The van der Waals surface area contributed by atoms with E-state index in [1.807, 2.05) is 24.3 Å². The molecule has 0 radical (unpaired) electrons. The Bertz CT molecular complexity index is 576. The Morgan fingerprint density at radius 2 is 1.83 bits per heavy atom. The van der Waals surface area contributed by atoms with E-state index < -0.39 is 10.0 Å². The number of benzene rings is 1. The van der Waals surface area contributed by atoms with E-state index in [-0.39, 0.29) is 24.0 Å². The average Bonchev–Trinajstić information content (AvgIpc) is 2.49. The number of rotatable bonds is 8. The zero-order valence-electron chi connectivity index (χ0n) is 13.6. The Morgan fingerprint density at radius 3 is 2.35 bits per heavy atom. The van der Waals surface area contributed by atoms with Crippen molar-refractivity contribution in [1.82, 2.24) is 15.4 Å². The van der Waals surface area contributed by atoms with Crippen LogP contribution >= 0.6 is 24.0 Å². The Balaban J connectivity index is 0.00000484. The number of guanidine groups is 1. The molecule has 0 aliphatic heterocycles. The highest BCUT2D eigenvalue weighted by Crippen LogP contribution is 2.10. The summed E-state index contributed by atoms with van der Waals surface area (Å²) in [6.07, 6.45) is 1.83. The summed E-state index contributed by atoms with van der Waals surface area (Å²) >= 11 is 0. The van der Waals surface area contributed by atoms with Crippen LogP contribution in [0.1, 0.15) is 12.0 Å². The van der Waals surface area contributed by atoms with Gasteiger partial charge in [-0.25, -0.2) is 13.1 Å². The van der Waals surface area contributed by atoms with Crippen molar-refractivity contribution in [1.29, 1.82) is 0 Å². The normalized spacial score (nSPS) is 11.5. The maximum Gasteiger partial charge on any atom is 0.208 e. The van der Waals surface area contributed by atoms with Crippen molar-refractivity contribution in [2.24, 2.45) is 4.99 Å². The van der Waals surface area contributed by atoms with Crippen molar-refractivity contribution in [2.75, 3.05) is 33.5 Å². The standard InChI is InChI=1S/C14H24N4O3S.HI/c1-15-14(16-9-4-10-18-22(3,19)20)17-11-12-5-7-13(21-2)8-6-12;/h5-8,18H,4,9-11H2,1-3H3,(H2,15,16,17);1H. The minimum atomic E-state index is -3.12. The van der Waals surface area contributed by atoms with Crippen molar-refractivity contribution in [3.8, 4) is 5.75 Å². The summed E-state index contributed by atoms with van der Waals surface area (Å²) in [4.78, 5) is 4.11. The van der Waals surface area contributed by atoms with E-state index >= 15 is 0 Å². The van der Waals surface area contributed by atoms with Gasteiger partial charge in [-0.05, 0) is 24.1 Å². The Labute approximate surface area is 155 Å². The predicted molar refractivity (Wildman–Crippen MR) is 104 cm³/mol. The molecule has 0 bridgehead atoms. The molecule has 0 fully saturated rings. The summed E-state index contributed by atoms with van der Waals surface area (Å²) in [6, 6.07) is 7.78. The molecule has 0 heterocycles. The van der Waals surface area contributed by atoms with E-state index in [1.165, 1.54) is 0 Å². The molecule has 0 aromatic heterocycles. The molecule has 0 aliphatic carbocycles. The highest BCUT2D eigenvalue weighted by atomic mass is 127. The average molecular weight is 456 g/mol. The zero-order valence-corrected chi connectivity index (χ0v) is 16.8. The summed E-state index contributed by atoms with van der Waals surface area (Å²) in [5.41, 5.74) is 1.11. The number of sulfonamides is 1. The van der Waals surface area contributed by atoms with E-state index in [2.05, 4.69) is 20.3 Å². The van der Waals surface area contributed by atoms with Crippen LogP contribution in [0, 0.1) is 0 Å². The summed E-state index contributed by atoms with van der Waals surface area (Å²) in [6.45, 7) is 1.68. The molecule has 9 heteroatoms. The number of aliphatic imine (C=N–C) groups is 1. The molecule has 0 amide bonds. The molecule has 3 N–H and O–H groups in total. The monoisotopic (exact) mass is 456 g/mol. The summed E-state index contributed by atoms with van der Waals surface area (Å²) in [5, 5.41) is 6.32. The second kappa shape index (κ2) is 11.5. The molecular weight excluding hydrogens is 431 g/mol. The number of halogens is 1. The number of methoxy groups -OCH3 is 1. The van der Waals surface area contributed by atoms with Crippen molar-refractivity contribution in [3.63, 3.8) is 0 Å². The number of ether oxygens (including phenoxy) is 1. The van der Waals surface area contributed by atoms with E-state index in [1.54, 1.807) is 14.2 Å². The van der Waals surface area contributed by atoms with Crippen LogP contribution in [-0.4, -0.2) is 47.9 Å². The van der Waals surface area contributed by atoms with Crippen molar-refractivity contribution >= 4 is 40.0 Å². The lowest BCUT2D eigenvalue weighted by atomic mass is 10.2. The van der Waals surface area contributed by atoms with Gasteiger partial charge in [0.25, 0.3) is 0 Å². The van der Waals surface area contributed by atoms with E-state index in [9.17, 15) is 8.42 Å². The molecule has 7 nitrogen and oxygen atoms in total. The molecule has 0 saturated heterocycles. The largest absolute Gasteiger partial charge is 0.497 e. The minimum Gasteiger partial charge on any atom is -0.497 e. The molecule has 23 heavy (non-hydrogen) atoms. The van der Waals surface area contributed by atoms with Crippen LogP contribution in [0.25, 0.3) is 0 Å². The first-order valence-corrected chi connectivity index (χ1v) is 8.86. The van der Waals surface area contributed by atoms with Gasteiger partial charge in [-0.15, -0.1) is 24.0 Å². The maximum atomic E-state index is 10.9. The Kier molecular flexibility index (Phi) is 10.9. The Morgan fingerprint density at radius 1 is 1.17 bits per heavy atom. The highest BCUT2D eigenvalue weighted by Gasteiger charge is 2.01. The maximum absolute atomic E-state index is 10.9. The summed E-state index contributed by atoms with van der Waals surface area (Å²) in [7, 11) is 0.213. The minimum absolute atomic E-state index is 0. The van der Waals surface area contributed by atoms with Gasteiger partial charge in [0, 0.05) is 26.7 Å². The molecule has 0 spiro atoms. The molecule has 1 aromatic rings. The quantitative estimate of drug-likeness (QED) is 0.234. The smallest absolute Gasteiger partial charge is 0.208 e. The first-order chi connectivity index (χ1) is 10.4. The van der Waals surface area contributed by atoms with Gasteiger partial charge in [0.05, 0.1) is 13.4 Å². The second-order valence-electron chi connectivity index (χ2n) is 4.72. The molecule has 1 rings (SSSR count). The third-order valence-corrected chi connectivity index (χ3v) is 3.58. The van der Waals surface area contributed by atoms with E-state index in [0.29, 0.717) is 32.0 Å². The van der Waals surface area contributed by atoms with Crippen LogP contribution in [0.3, 0.4) is 0 Å². The lowest BCUT2D eigenvalue weighted by Crippen LogP contribution is -2.38. The topological polar surface area (TPSA) is 91.8 Å². The molecule has 1 aromatic carbocycles. The molecule has 0 saturated carbocycles. The number of nitrogens with one attached hydrogen (secondary N) is 3. The summed E-state index contributed by atoms with van der Waals surface area (Å²) in [5.74, 6) is 1.50. The van der Waals surface area contributed by atoms with Crippen LogP contribution in [0.15, 0.2) is 29.3 Å². The third-order valence-electron chi connectivity index (χ3n) is 2.85. The third kappa shape index (κ3) is 10.3. The van der Waals surface area contributed by atoms with Gasteiger partial charge in [0.2, 0.25) is 10.0 Å². The van der Waals surface area contributed by atoms with Gasteiger partial charge >= 0.3 is 0 Å². The van der Waals surface area contributed by atoms with Crippen LogP contribution in [-0.2, 0) is 16.6 Å². The molecule has 0 unspecified atom stereocenters. The van der Waals surface area contributed by atoms with Gasteiger partial charge in [-0.1, -0.05) is 12.1 Å². The van der Waals surface area contributed by atoms with E-state index in [0.717, 1.165) is 17.6 Å². The second-order valence-corrected chi connectivity index (χ2v) is 6.55. The van der Waals surface area contributed by atoms with Crippen LogP contribution in [0.5, 0.6) is 5.75 Å². The highest BCUT2D eigenvalue weighted by molar-refractivity contribution is 14.0. The zero-order chi connectivity index (χ0) is 16.4. The van der Waals surface area contributed by atoms with Crippen LogP contribution in [0.4, 0.5) is 0 Å². The fourth-order valence-electron chi connectivity index (χ4n) is 1.70. The molecular formula is C14H25IN4O3S. The van der Waals surface area contributed by atoms with Gasteiger partial charge in [-0.2, -0.15) is 0 Å². The van der Waals surface area contributed by atoms with Gasteiger partial charge in [-0.3, -0.25) is 4.99 Å². The van der Waals surface area contributed by atoms with Crippen LogP contribution in [0.2, 0.25) is 0 Å². The molecule has 0 aliphatic rings. The SMILES string of the molecule is CN=C(NCCCNS(C)(=O)=O)NCc1ccc(OC)cc1.I. The lowest BCUT2D eigenvalue weighted by molar-refractivity contribution is 0.414. The predicted octanol–water partition coefficient (Wildman–Crippen LogP) is 0.918. The lowest BCUT2D eigenvalue weighted by Gasteiger charge is -2.12. The van der Waals surface area contributed by atoms with Gasteiger partial charge in [0.1, 0.15) is 5.75 Å². The van der Waals surface area contributed by atoms with Gasteiger partial charge < -0.3 is 15.4 Å².